The summed E-state index contributed by atoms with van der Waals surface area (Å²) in [5.41, 5.74) is 6.91. The van der Waals surface area contributed by atoms with Crippen LogP contribution in [0.4, 0.5) is 5.69 Å². The van der Waals surface area contributed by atoms with Crippen molar-refractivity contribution in [1.82, 2.24) is 0 Å². The summed E-state index contributed by atoms with van der Waals surface area (Å²) in [4.78, 5) is 13.9. The Morgan fingerprint density at radius 2 is 2.37 bits per heavy atom. The number of amides is 1. The summed E-state index contributed by atoms with van der Waals surface area (Å²) >= 11 is 1.82. The molecular weight excluding hydrogens is 262 g/mol. The highest BCUT2D eigenvalue weighted by Gasteiger charge is 2.26. The van der Waals surface area contributed by atoms with E-state index in [-0.39, 0.29) is 17.7 Å². The lowest BCUT2D eigenvalue weighted by atomic mass is 10.1. The molecule has 19 heavy (non-hydrogen) atoms. The number of amidine groups is 1. The minimum Gasteiger partial charge on any atom is -0.409 e. The average Bonchev–Trinajstić information content (AvgIpc) is 2.99. The van der Waals surface area contributed by atoms with Gasteiger partial charge < -0.3 is 15.8 Å². The molecule has 0 aliphatic carbocycles. The molecular formula is C13H17N3O2S. The molecule has 2 rings (SSSR count). The number of carbonyl (C=O) groups is 1. The summed E-state index contributed by atoms with van der Waals surface area (Å²) in [7, 11) is 1.76. The van der Waals surface area contributed by atoms with Gasteiger partial charge in [-0.3, -0.25) is 4.79 Å². The Morgan fingerprint density at radius 3 is 3.00 bits per heavy atom. The first-order valence-electron chi connectivity index (χ1n) is 6.06. The molecule has 0 radical (unpaired) electrons. The molecule has 0 spiro atoms. The number of nitrogens with two attached hydrogens (primary N) is 1. The zero-order chi connectivity index (χ0) is 13.8. The number of nitrogens with zero attached hydrogens (tertiary/aromatic N) is 2. The monoisotopic (exact) mass is 279 g/mol. The quantitative estimate of drug-likeness (QED) is 0.380. The maximum atomic E-state index is 12.3. The lowest BCUT2D eigenvalue weighted by Crippen LogP contribution is -2.33. The van der Waals surface area contributed by atoms with Gasteiger partial charge >= 0.3 is 0 Å². The normalized spacial score (nSPS) is 19.4. The van der Waals surface area contributed by atoms with Crippen LogP contribution in [0.2, 0.25) is 0 Å². The number of benzene rings is 1. The van der Waals surface area contributed by atoms with Crippen molar-refractivity contribution in [3.05, 3.63) is 29.8 Å². The number of hydrogen-bond donors (Lipinski definition) is 2. The third-order valence-electron chi connectivity index (χ3n) is 3.25. The van der Waals surface area contributed by atoms with Gasteiger partial charge in [-0.05, 0) is 24.3 Å². The highest BCUT2D eigenvalue weighted by atomic mass is 32.2. The van der Waals surface area contributed by atoms with Crippen molar-refractivity contribution < 1.29 is 10.0 Å². The zero-order valence-corrected chi connectivity index (χ0v) is 11.6. The van der Waals surface area contributed by atoms with Crippen molar-refractivity contribution in [2.45, 2.75) is 6.42 Å². The van der Waals surface area contributed by atoms with E-state index < -0.39 is 0 Å². The first-order chi connectivity index (χ1) is 9.13. The van der Waals surface area contributed by atoms with Crippen LogP contribution in [0.25, 0.3) is 0 Å². The lowest BCUT2D eigenvalue weighted by Gasteiger charge is -2.21. The molecule has 1 amide bonds. The molecule has 1 aliphatic rings. The first-order valence-corrected chi connectivity index (χ1v) is 7.22. The molecule has 1 heterocycles. The van der Waals surface area contributed by atoms with Gasteiger partial charge in [-0.2, -0.15) is 11.8 Å². The summed E-state index contributed by atoms with van der Waals surface area (Å²) in [6.45, 7) is 0. The zero-order valence-electron chi connectivity index (χ0n) is 10.7. The van der Waals surface area contributed by atoms with Crippen LogP contribution in [-0.4, -0.2) is 35.5 Å². The van der Waals surface area contributed by atoms with Gasteiger partial charge in [-0.15, -0.1) is 0 Å². The van der Waals surface area contributed by atoms with Crippen LogP contribution in [0.15, 0.2) is 29.4 Å². The van der Waals surface area contributed by atoms with Crippen LogP contribution in [0.5, 0.6) is 0 Å². The minimum absolute atomic E-state index is 0.0409. The number of oxime groups is 1. The molecule has 1 atom stereocenters. The third-order valence-corrected chi connectivity index (χ3v) is 4.41. The summed E-state index contributed by atoms with van der Waals surface area (Å²) in [6, 6.07) is 7.11. The average molecular weight is 279 g/mol. The first kappa shape index (κ1) is 13.7. The Hall–Kier alpha value is -1.69. The van der Waals surface area contributed by atoms with Crippen LogP contribution < -0.4 is 10.6 Å². The number of rotatable bonds is 3. The molecule has 0 saturated carbocycles. The van der Waals surface area contributed by atoms with Gasteiger partial charge in [-0.25, -0.2) is 0 Å². The molecule has 1 aromatic rings. The van der Waals surface area contributed by atoms with Crippen molar-refractivity contribution in [3.63, 3.8) is 0 Å². The fourth-order valence-corrected chi connectivity index (χ4v) is 3.27. The summed E-state index contributed by atoms with van der Waals surface area (Å²) in [5.74, 6) is 2.21. The largest absolute Gasteiger partial charge is 0.409 e. The molecule has 1 aliphatic heterocycles. The summed E-state index contributed by atoms with van der Waals surface area (Å²) < 4.78 is 0. The number of hydrogen-bond acceptors (Lipinski definition) is 4. The fourth-order valence-electron chi connectivity index (χ4n) is 2.06. The SMILES string of the molecule is CN(C(=O)C1CCSC1)c1cccc(C(N)=NO)c1. The van der Waals surface area contributed by atoms with E-state index in [0.717, 1.165) is 23.6 Å². The van der Waals surface area contributed by atoms with E-state index >= 15 is 0 Å². The van der Waals surface area contributed by atoms with Gasteiger partial charge in [0.25, 0.3) is 0 Å². The van der Waals surface area contributed by atoms with Gasteiger partial charge in [0.05, 0.1) is 0 Å². The molecule has 0 bridgehead atoms. The van der Waals surface area contributed by atoms with E-state index in [0.29, 0.717) is 5.56 Å². The van der Waals surface area contributed by atoms with Crippen molar-refractivity contribution in [3.8, 4) is 0 Å². The number of carbonyl (C=O) groups excluding carboxylic acids is 1. The van der Waals surface area contributed by atoms with Crippen molar-refractivity contribution in [1.29, 1.82) is 0 Å². The van der Waals surface area contributed by atoms with E-state index in [2.05, 4.69) is 5.16 Å². The molecule has 0 aromatic heterocycles. The predicted octanol–water partition coefficient (Wildman–Crippen LogP) is 1.50. The Morgan fingerprint density at radius 1 is 1.58 bits per heavy atom. The van der Waals surface area contributed by atoms with E-state index in [1.165, 1.54) is 0 Å². The summed E-state index contributed by atoms with van der Waals surface area (Å²) in [5, 5.41) is 11.6. The predicted molar refractivity (Wildman–Crippen MR) is 77.8 cm³/mol. The second kappa shape index (κ2) is 5.97. The molecule has 1 unspecified atom stereocenters. The second-order valence-corrected chi connectivity index (χ2v) is 5.64. The Labute approximate surface area is 116 Å². The lowest BCUT2D eigenvalue weighted by molar-refractivity contribution is -0.121. The van der Waals surface area contributed by atoms with Gasteiger partial charge in [0.2, 0.25) is 5.91 Å². The molecule has 6 heteroatoms. The second-order valence-electron chi connectivity index (χ2n) is 4.49. The maximum Gasteiger partial charge on any atom is 0.230 e. The Kier molecular flexibility index (Phi) is 4.31. The highest BCUT2D eigenvalue weighted by Crippen LogP contribution is 2.27. The summed E-state index contributed by atoms with van der Waals surface area (Å²) in [6.07, 6.45) is 0.938. The van der Waals surface area contributed by atoms with Gasteiger partial charge in [0.1, 0.15) is 0 Å². The number of anilines is 1. The van der Waals surface area contributed by atoms with E-state index in [4.69, 9.17) is 10.9 Å². The molecule has 102 valence electrons. The van der Waals surface area contributed by atoms with Gasteiger partial charge in [0.15, 0.2) is 5.84 Å². The van der Waals surface area contributed by atoms with Gasteiger partial charge in [0, 0.05) is 30.0 Å². The van der Waals surface area contributed by atoms with Crippen molar-refractivity contribution in [2.24, 2.45) is 16.8 Å². The molecule has 1 saturated heterocycles. The standard InChI is InChI=1S/C13H17N3O2S/c1-16(13(17)10-5-6-19-8-10)11-4-2-3-9(7-11)12(14)15-18/h2-4,7,10,18H,5-6,8H2,1H3,(H2,14,15). The van der Waals surface area contributed by atoms with Crippen LogP contribution in [-0.2, 0) is 4.79 Å². The minimum atomic E-state index is 0.0409. The van der Waals surface area contributed by atoms with Crippen LogP contribution >= 0.6 is 11.8 Å². The topological polar surface area (TPSA) is 78.9 Å². The Balaban J connectivity index is 2.18. The van der Waals surface area contributed by atoms with Crippen LogP contribution in [0.3, 0.4) is 0 Å². The third kappa shape index (κ3) is 3.01. The smallest absolute Gasteiger partial charge is 0.230 e. The molecule has 1 aromatic carbocycles. The highest BCUT2D eigenvalue weighted by molar-refractivity contribution is 7.99. The fraction of sp³-hybridized carbons (Fsp3) is 0.385. The van der Waals surface area contributed by atoms with Gasteiger partial charge in [-0.1, -0.05) is 17.3 Å². The van der Waals surface area contributed by atoms with Crippen molar-refractivity contribution >= 4 is 29.2 Å². The van der Waals surface area contributed by atoms with Crippen LogP contribution in [0, 0.1) is 5.92 Å². The Bertz CT molecular complexity index is 498. The van der Waals surface area contributed by atoms with E-state index in [1.807, 2.05) is 17.8 Å². The molecule has 1 fully saturated rings. The number of thioether (sulfide) groups is 1. The van der Waals surface area contributed by atoms with Crippen LogP contribution in [0.1, 0.15) is 12.0 Å². The van der Waals surface area contributed by atoms with E-state index in [1.54, 1.807) is 30.1 Å². The molecule has 5 nitrogen and oxygen atoms in total. The van der Waals surface area contributed by atoms with E-state index in [9.17, 15) is 4.79 Å². The molecule has 3 N–H and O–H groups in total. The van der Waals surface area contributed by atoms with Crippen molar-refractivity contribution in [2.75, 3.05) is 23.5 Å². The maximum absolute atomic E-state index is 12.3.